The summed E-state index contributed by atoms with van der Waals surface area (Å²) in [5, 5.41) is 0. The third-order valence-corrected chi connectivity index (χ3v) is 4.51. The van der Waals surface area contributed by atoms with Crippen LogP contribution in [-0.2, 0) is 16.1 Å². The monoisotopic (exact) mass is 304 g/mol. The summed E-state index contributed by atoms with van der Waals surface area (Å²) >= 11 is 0. The van der Waals surface area contributed by atoms with Gasteiger partial charge in [-0.3, -0.25) is 9.69 Å². The Morgan fingerprint density at radius 3 is 2.73 bits per heavy atom. The SMILES string of the molecule is CCOCC(=O)N(C)[C@@H]1CCN(Cc2ccccc2)C[C@H]1C. The predicted octanol–water partition coefficient (Wildman–Crippen LogP) is 2.39. The standard InChI is InChI=1S/C18H28N2O2/c1-4-22-14-18(21)19(3)17-10-11-20(12-15(17)2)13-16-8-6-5-7-9-16/h5-9,15,17H,4,10-14H2,1-3H3/t15-,17-/m1/s1. The van der Waals surface area contributed by atoms with Gasteiger partial charge in [0.15, 0.2) is 0 Å². The molecule has 4 heteroatoms. The molecule has 1 aromatic rings. The number of carbonyl (C=O) groups excluding carboxylic acids is 1. The minimum absolute atomic E-state index is 0.0928. The summed E-state index contributed by atoms with van der Waals surface area (Å²) in [5.41, 5.74) is 1.36. The lowest BCUT2D eigenvalue weighted by Crippen LogP contribution is -2.51. The first-order chi connectivity index (χ1) is 10.6. The number of ether oxygens (including phenoxy) is 1. The Hall–Kier alpha value is -1.39. The lowest BCUT2D eigenvalue weighted by Gasteiger charge is -2.41. The lowest BCUT2D eigenvalue weighted by atomic mass is 9.92. The van der Waals surface area contributed by atoms with E-state index in [-0.39, 0.29) is 12.5 Å². The fourth-order valence-electron chi connectivity index (χ4n) is 3.26. The van der Waals surface area contributed by atoms with Crippen LogP contribution in [-0.4, -0.2) is 55.1 Å². The highest BCUT2D eigenvalue weighted by Crippen LogP contribution is 2.22. The number of hydrogen-bond acceptors (Lipinski definition) is 3. The molecular weight excluding hydrogens is 276 g/mol. The number of nitrogens with zero attached hydrogens (tertiary/aromatic N) is 2. The second-order valence-corrected chi connectivity index (χ2v) is 6.20. The molecule has 2 rings (SSSR count). The van der Waals surface area contributed by atoms with E-state index < -0.39 is 0 Å². The van der Waals surface area contributed by atoms with Crippen LogP contribution in [0.25, 0.3) is 0 Å². The smallest absolute Gasteiger partial charge is 0.248 e. The topological polar surface area (TPSA) is 32.8 Å². The minimum Gasteiger partial charge on any atom is -0.372 e. The minimum atomic E-state index is 0.0928. The van der Waals surface area contributed by atoms with Gasteiger partial charge in [0, 0.05) is 39.3 Å². The number of amides is 1. The number of piperidine rings is 1. The molecule has 1 fully saturated rings. The molecule has 0 saturated carbocycles. The molecule has 1 aliphatic heterocycles. The van der Waals surface area contributed by atoms with Gasteiger partial charge in [0.1, 0.15) is 6.61 Å². The Morgan fingerprint density at radius 1 is 1.36 bits per heavy atom. The number of carbonyl (C=O) groups is 1. The highest BCUT2D eigenvalue weighted by Gasteiger charge is 2.30. The van der Waals surface area contributed by atoms with Gasteiger partial charge in [0.05, 0.1) is 0 Å². The third kappa shape index (κ3) is 4.55. The highest BCUT2D eigenvalue weighted by atomic mass is 16.5. The molecule has 1 aliphatic rings. The van der Waals surface area contributed by atoms with Gasteiger partial charge in [-0.25, -0.2) is 0 Å². The van der Waals surface area contributed by atoms with E-state index in [9.17, 15) is 4.79 Å². The third-order valence-electron chi connectivity index (χ3n) is 4.51. The van der Waals surface area contributed by atoms with Crippen molar-refractivity contribution in [3.05, 3.63) is 35.9 Å². The molecule has 4 nitrogen and oxygen atoms in total. The van der Waals surface area contributed by atoms with Gasteiger partial charge in [0.2, 0.25) is 5.91 Å². The molecule has 0 aliphatic carbocycles. The zero-order valence-corrected chi connectivity index (χ0v) is 14.0. The van der Waals surface area contributed by atoms with Crippen molar-refractivity contribution >= 4 is 5.91 Å². The summed E-state index contributed by atoms with van der Waals surface area (Å²) in [5.74, 6) is 0.572. The van der Waals surface area contributed by atoms with Crippen molar-refractivity contribution in [1.82, 2.24) is 9.80 Å². The maximum atomic E-state index is 12.1. The Labute approximate surface area is 134 Å². The number of rotatable bonds is 6. The summed E-state index contributed by atoms with van der Waals surface area (Å²) in [6, 6.07) is 10.9. The summed E-state index contributed by atoms with van der Waals surface area (Å²) in [7, 11) is 1.91. The van der Waals surface area contributed by atoms with Crippen LogP contribution >= 0.6 is 0 Å². The molecule has 0 bridgehead atoms. The van der Waals surface area contributed by atoms with E-state index in [1.54, 1.807) is 0 Å². The number of hydrogen-bond donors (Lipinski definition) is 0. The molecule has 0 aromatic heterocycles. The first-order valence-electron chi connectivity index (χ1n) is 8.21. The molecule has 0 N–H and O–H groups in total. The maximum Gasteiger partial charge on any atom is 0.248 e. The summed E-state index contributed by atoms with van der Waals surface area (Å²) in [4.78, 5) is 16.5. The first-order valence-corrected chi connectivity index (χ1v) is 8.21. The Bertz CT molecular complexity index is 463. The molecule has 1 heterocycles. The van der Waals surface area contributed by atoms with Crippen LogP contribution < -0.4 is 0 Å². The average Bonchev–Trinajstić information content (AvgIpc) is 2.53. The van der Waals surface area contributed by atoms with Crippen molar-refractivity contribution in [3.8, 4) is 0 Å². The van der Waals surface area contributed by atoms with E-state index in [4.69, 9.17) is 4.74 Å². The number of likely N-dealkylation sites (N-methyl/N-ethyl adjacent to an activating group) is 1. The second kappa shape index (κ2) is 8.30. The Kier molecular flexibility index (Phi) is 6.40. The van der Waals surface area contributed by atoms with Gasteiger partial charge in [-0.05, 0) is 24.8 Å². The fraction of sp³-hybridized carbons (Fsp3) is 0.611. The molecule has 0 unspecified atom stereocenters. The van der Waals surface area contributed by atoms with E-state index in [0.717, 1.165) is 26.1 Å². The Balaban J connectivity index is 1.85. The maximum absolute atomic E-state index is 12.1. The number of benzene rings is 1. The van der Waals surface area contributed by atoms with Crippen LogP contribution in [0.15, 0.2) is 30.3 Å². The molecule has 2 atom stereocenters. The normalized spacial score (nSPS) is 22.5. The van der Waals surface area contributed by atoms with E-state index >= 15 is 0 Å². The van der Waals surface area contributed by atoms with Gasteiger partial charge in [-0.1, -0.05) is 37.3 Å². The van der Waals surface area contributed by atoms with Crippen LogP contribution in [0.1, 0.15) is 25.8 Å². The van der Waals surface area contributed by atoms with Crippen LogP contribution in [0.4, 0.5) is 0 Å². The second-order valence-electron chi connectivity index (χ2n) is 6.20. The quantitative estimate of drug-likeness (QED) is 0.809. The predicted molar refractivity (Wildman–Crippen MR) is 88.6 cm³/mol. The molecular formula is C18H28N2O2. The number of likely N-dealkylation sites (tertiary alicyclic amines) is 1. The van der Waals surface area contributed by atoms with E-state index in [0.29, 0.717) is 18.6 Å². The molecule has 22 heavy (non-hydrogen) atoms. The van der Waals surface area contributed by atoms with Gasteiger partial charge < -0.3 is 9.64 Å². The van der Waals surface area contributed by atoms with E-state index in [1.807, 2.05) is 18.9 Å². The molecule has 1 aromatic carbocycles. The summed E-state index contributed by atoms with van der Waals surface area (Å²) in [6.45, 7) is 8.01. The van der Waals surface area contributed by atoms with Crippen molar-refractivity contribution in [2.45, 2.75) is 32.9 Å². The zero-order valence-electron chi connectivity index (χ0n) is 14.0. The van der Waals surface area contributed by atoms with Gasteiger partial charge in [-0.2, -0.15) is 0 Å². The first kappa shape index (κ1) is 17.0. The zero-order chi connectivity index (χ0) is 15.9. The average molecular weight is 304 g/mol. The van der Waals surface area contributed by atoms with Crippen LogP contribution in [0, 0.1) is 5.92 Å². The van der Waals surface area contributed by atoms with E-state index in [2.05, 4.69) is 42.2 Å². The van der Waals surface area contributed by atoms with Gasteiger partial charge >= 0.3 is 0 Å². The van der Waals surface area contributed by atoms with Crippen molar-refractivity contribution in [3.63, 3.8) is 0 Å². The highest BCUT2D eigenvalue weighted by molar-refractivity contribution is 5.77. The van der Waals surface area contributed by atoms with Crippen molar-refractivity contribution in [2.24, 2.45) is 5.92 Å². The van der Waals surface area contributed by atoms with Crippen molar-refractivity contribution in [1.29, 1.82) is 0 Å². The van der Waals surface area contributed by atoms with Crippen molar-refractivity contribution < 1.29 is 9.53 Å². The molecule has 1 saturated heterocycles. The molecule has 1 amide bonds. The summed E-state index contributed by atoms with van der Waals surface area (Å²) < 4.78 is 5.24. The van der Waals surface area contributed by atoms with Crippen LogP contribution in [0.5, 0.6) is 0 Å². The molecule has 0 radical (unpaired) electrons. The van der Waals surface area contributed by atoms with Gasteiger partial charge in [-0.15, -0.1) is 0 Å². The Morgan fingerprint density at radius 2 is 2.09 bits per heavy atom. The largest absolute Gasteiger partial charge is 0.372 e. The van der Waals surface area contributed by atoms with E-state index in [1.165, 1.54) is 5.56 Å². The van der Waals surface area contributed by atoms with Crippen LogP contribution in [0.3, 0.4) is 0 Å². The fourth-order valence-corrected chi connectivity index (χ4v) is 3.26. The van der Waals surface area contributed by atoms with Gasteiger partial charge in [0.25, 0.3) is 0 Å². The summed E-state index contributed by atoms with van der Waals surface area (Å²) in [6.07, 6.45) is 1.03. The molecule has 122 valence electrons. The van der Waals surface area contributed by atoms with Crippen molar-refractivity contribution in [2.75, 3.05) is 33.4 Å². The molecule has 0 spiro atoms. The van der Waals surface area contributed by atoms with Crippen LogP contribution in [0.2, 0.25) is 0 Å². The lowest BCUT2D eigenvalue weighted by molar-refractivity contribution is -0.138.